The van der Waals surface area contributed by atoms with E-state index < -0.39 is 0 Å². The molecule has 7 heteroatoms. The van der Waals surface area contributed by atoms with Crippen LogP contribution < -0.4 is 10.2 Å². The van der Waals surface area contributed by atoms with Crippen LogP contribution in [0.4, 0.5) is 5.82 Å². The van der Waals surface area contributed by atoms with Crippen LogP contribution in [0.15, 0.2) is 30.6 Å². The van der Waals surface area contributed by atoms with Crippen LogP contribution >= 0.6 is 11.6 Å². The number of rotatable bonds is 4. The molecule has 122 valence electrons. The molecule has 1 fully saturated rings. The summed E-state index contributed by atoms with van der Waals surface area (Å²) < 4.78 is 1.54. The highest BCUT2D eigenvalue weighted by Crippen LogP contribution is 2.18. The van der Waals surface area contributed by atoms with Crippen molar-refractivity contribution in [3.8, 4) is 0 Å². The van der Waals surface area contributed by atoms with Gasteiger partial charge in [-0.25, -0.2) is 4.98 Å². The maximum absolute atomic E-state index is 12.1. The Balaban J connectivity index is 1.57. The van der Waals surface area contributed by atoms with E-state index in [9.17, 15) is 4.79 Å². The first-order valence-corrected chi connectivity index (χ1v) is 8.14. The first-order valence-electron chi connectivity index (χ1n) is 7.76. The fourth-order valence-corrected chi connectivity index (χ4v) is 3.01. The van der Waals surface area contributed by atoms with Gasteiger partial charge >= 0.3 is 0 Å². The predicted molar refractivity (Wildman–Crippen MR) is 89.6 cm³/mol. The average molecular weight is 334 g/mol. The van der Waals surface area contributed by atoms with Crippen molar-refractivity contribution in [1.29, 1.82) is 0 Å². The minimum absolute atomic E-state index is 0.0474. The summed E-state index contributed by atoms with van der Waals surface area (Å²) in [6.07, 6.45) is 5.19. The number of anilines is 1. The van der Waals surface area contributed by atoms with Crippen molar-refractivity contribution >= 4 is 23.3 Å². The summed E-state index contributed by atoms with van der Waals surface area (Å²) >= 11 is 5.81. The van der Waals surface area contributed by atoms with Gasteiger partial charge in [0.25, 0.3) is 0 Å². The number of nitrogens with one attached hydrogen (secondary N) is 1. The molecule has 0 saturated carbocycles. The summed E-state index contributed by atoms with van der Waals surface area (Å²) in [5, 5.41) is 7.64. The molecule has 2 aromatic heterocycles. The molecule has 6 nitrogen and oxygen atoms in total. The molecule has 0 bridgehead atoms. The molecule has 1 saturated heterocycles. The Morgan fingerprint density at radius 2 is 2.35 bits per heavy atom. The van der Waals surface area contributed by atoms with E-state index in [1.54, 1.807) is 10.9 Å². The first kappa shape index (κ1) is 15.8. The molecule has 1 aliphatic rings. The van der Waals surface area contributed by atoms with E-state index in [0.717, 1.165) is 37.4 Å². The quantitative estimate of drug-likeness (QED) is 0.930. The van der Waals surface area contributed by atoms with Gasteiger partial charge in [-0.3, -0.25) is 9.48 Å². The van der Waals surface area contributed by atoms with E-state index in [1.807, 2.05) is 25.1 Å². The molecule has 0 unspecified atom stereocenters. The van der Waals surface area contributed by atoms with Gasteiger partial charge in [0.15, 0.2) is 0 Å². The Bertz CT molecular complexity index is 687. The second kappa shape index (κ2) is 7.00. The van der Waals surface area contributed by atoms with Crippen LogP contribution in [0.3, 0.4) is 0 Å². The van der Waals surface area contributed by atoms with Crippen molar-refractivity contribution in [2.24, 2.45) is 0 Å². The zero-order chi connectivity index (χ0) is 16.2. The fraction of sp³-hybridized carbons (Fsp3) is 0.438. The Morgan fingerprint density at radius 3 is 3.09 bits per heavy atom. The Kier molecular flexibility index (Phi) is 4.81. The van der Waals surface area contributed by atoms with E-state index in [4.69, 9.17) is 11.6 Å². The van der Waals surface area contributed by atoms with Crippen LogP contribution in [0, 0.1) is 6.92 Å². The van der Waals surface area contributed by atoms with Gasteiger partial charge in [0.2, 0.25) is 5.91 Å². The topological polar surface area (TPSA) is 63.1 Å². The number of pyridine rings is 1. The minimum Gasteiger partial charge on any atom is -0.355 e. The lowest BCUT2D eigenvalue weighted by Crippen LogP contribution is -2.48. The third-order valence-corrected chi connectivity index (χ3v) is 4.09. The maximum atomic E-state index is 12.1. The van der Waals surface area contributed by atoms with Gasteiger partial charge in [0.05, 0.1) is 11.2 Å². The molecule has 1 atom stereocenters. The summed E-state index contributed by atoms with van der Waals surface area (Å²) in [5.41, 5.74) is 1.00. The normalized spacial score (nSPS) is 18.0. The first-order chi connectivity index (χ1) is 11.1. The molecule has 0 aliphatic carbocycles. The van der Waals surface area contributed by atoms with Crippen LogP contribution in [0.1, 0.15) is 18.5 Å². The number of halogens is 1. The third kappa shape index (κ3) is 4.22. The fourth-order valence-electron chi connectivity index (χ4n) is 2.85. The van der Waals surface area contributed by atoms with Gasteiger partial charge in [-0.05, 0) is 31.9 Å². The number of carbonyl (C=O) groups is 1. The summed E-state index contributed by atoms with van der Waals surface area (Å²) in [6.45, 7) is 3.92. The molecular weight excluding hydrogens is 314 g/mol. The van der Waals surface area contributed by atoms with Crippen molar-refractivity contribution in [2.45, 2.75) is 32.4 Å². The van der Waals surface area contributed by atoms with Crippen molar-refractivity contribution in [1.82, 2.24) is 20.1 Å². The molecule has 2 aromatic rings. The summed E-state index contributed by atoms with van der Waals surface area (Å²) in [6, 6.07) is 6.15. The molecule has 0 radical (unpaired) electrons. The van der Waals surface area contributed by atoms with E-state index >= 15 is 0 Å². The standard InChI is InChI=1S/C16H20ClN5O/c1-12-4-2-6-15(19-12)21-7-3-5-14(10-21)20-16(23)11-22-9-13(17)8-18-22/h2,4,6,8-9,14H,3,5,7,10-11H2,1H3,(H,20,23)/t14-/m1/s1. The molecule has 1 aliphatic heterocycles. The lowest BCUT2D eigenvalue weighted by molar-refractivity contribution is -0.122. The lowest BCUT2D eigenvalue weighted by Gasteiger charge is -2.34. The number of carbonyl (C=O) groups excluding carboxylic acids is 1. The molecule has 23 heavy (non-hydrogen) atoms. The SMILES string of the molecule is Cc1cccc(N2CCC[C@@H](NC(=O)Cn3cc(Cl)cn3)C2)n1. The van der Waals surface area contributed by atoms with E-state index in [2.05, 4.69) is 20.3 Å². The smallest absolute Gasteiger partial charge is 0.242 e. The maximum Gasteiger partial charge on any atom is 0.242 e. The van der Waals surface area contributed by atoms with Gasteiger partial charge in [-0.15, -0.1) is 0 Å². The molecule has 0 aromatic carbocycles. The molecule has 0 spiro atoms. The zero-order valence-corrected chi connectivity index (χ0v) is 13.8. The van der Waals surface area contributed by atoms with Crippen LogP contribution in [0.2, 0.25) is 5.02 Å². The van der Waals surface area contributed by atoms with Crippen molar-refractivity contribution in [2.75, 3.05) is 18.0 Å². The highest BCUT2D eigenvalue weighted by molar-refractivity contribution is 6.30. The number of piperidine rings is 1. The second-order valence-electron chi connectivity index (χ2n) is 5.85. The van der Waals surface area contributed by atoms with Gasteiger partial charge in [-0.2, -0.15) is 5.10 Å². The second-order valence-corrected chi connectivity index (χ2v) is 6.28. The largest absolute Gasteiger partial charge is 0.355 e. The minimum atomic E-state index is -0.0474. The van der Waals surface area contributed by atoms with Gasteiger partial charge in [0.1, 0.15) is 12.4 Å². The molecule has 3 heterocycles. The monoisotopic (exact) mass is 333 g/mol. The summed E-state index contributed by atoms with van der Waals surface area (Å²) in [5.74, 6) is 0.927. The van der Waals surface area contributed by atoms with Gasteiger partial charge in [0, 0.05) is 31.0 Å². The average Bonchev–Trinajstić information content (AvgIpc) is 2.92. The highest BCUT2D eigenvalue weighted by atomic mass is 35.5. The van der Waals surface area contributed by atoms with Crippen molar-refractivity contribution in [3.05, 3.63) is 41.3 Å². The number of aryl methyl sites for hydroxylation is 1. The number of nitrogens with zero attached hydrogens (tertiary/aromatic N) is 4. The van der Waals surface area contributed by atoms with Crippen molar-refractivity contribution < 1.29 is 4.79 Å². The van der Waals surface area contributed by atoms with E-state index in [-0.39, 0.29) is 18.5 Å². The highest BCUT2D eigenvalue weighted by Gasteiger charge is 2.22. The number of aromatic nitrogens is 3. The van der Waals surface area contributed by atoms with E-state index in [0.29, 0.717) is 5.02 Å². The van der Waals surface area contributed by atoms with Crippen LogP contribution in [-0.2, 0) is 11.3 Å². The number of amides is 1. The molecule has 1 N–H and O–H groups in total. The van der Waals surface area contributed by atoms with E-state index in [1.165, 1.54) is 6.20 Å². The third-order valence-electron chi connectivity index (χ3n) is 3.89. The van der Waals surface area contributed by atoms with Gasteiger partial charge in [-0.1, -0.05) is 17.7 Å². The number of hydrogen-bond acceptors (Lipinski definition) is 4. The number of hydrogen-bond donors (Lipinski definition) is 1. The molecular formula is C16H20ClN5O. The Morgan fingerprint density at radius 1 is 1.48 bits per heavy atom. The summed E-state index contributed by atoms with van der Waals surface area (Å²) in [7, 11) is 0. The van der Waals surface area contributed by atoms with Crippen LogP contribution in [0.25, 0.3) is 0 Å². The van der Waals surface area contributed by atoms with Crippen LogP contribution in [0.5, 0.6) is 0 Å². The molecule has 1 amide bonds. The van der Waals surface area contributed by atoms with Gasteiger partial charge < -0.3 is 10.2 Å². The zero-order valence-electron chi connectivity index (χ0n) is 13.1. The Hall–Kier alpha value is -2.08. The summed E-state index contributed by atoms with van der Waals surface area (Å²) in [4.78, 5) is 18.9. The predicted octanol–water partition coefficient (Wildman–Crippen LogP) is 2.03. The Labute approximate surface area is 140 Å². The lowest BCUT2D eigenvalue weighted by atomic mass is 10.1. The molecule has 3 rings (SSSR count). The van der Waals surface area contributed by atoms with Crippen molar-refractivity contribution in [3.63, 3.8) is 0 Å². The van der Waals surface area contributed by atoms with Crippen LogP contribution in [-0.4, -0.2) is 39.8 Å².